The summed E-state index contributed by atoms with van der Waals surface area (Å²) >= 11 is 7.91. The summed E-state index contributed by atoms with van der Waals surface area (Å²) in [5, 5.41) is 12.2. The van der Waals surface area contributed by atoms with Crippen LogP contribution in [0.2, 0.25) is 0 Å². The Hall–Kier alpha value is -1.18. The highest BCUT2D eigenvalue weighted by Gasteiger charge is 2.18. The number of benzene rings is 1. The second-order valence-electron chi connectivity index (χ2n) is 4.19. The molecule has 1 heterocycles. The molecule has 2 aromatic rings. The molecular weight excluding hydrogens is 422 g/mol. The lowest BCUT2D eigenvalue weighted by atomic mass is 10.2. The van der Waals surface area contributed by atoms with Gasteiger partial charge in [0.05, 0.1) is 11.1 Å². The monoisotopic (exact) mass is 431 g/mol. The number of carboxylic acid groups (broad SMARTS) is 1. The van der Waals surface area contributed by atoms with Crippen molar-refractivity contribution in [3.05, 3.63) is 49.2 Å². The van der Waals surface area contributed by atoms with Crippen LogP contribution in [0.15, 0.2) is 33.2 Å². The van der Waals surface area contributed by atoms with Crippen molar-refractivity contribution in [2.75, 3.05) is 5.32 Å². The maximum atomic E-state index is 12.3. The minimum atomic E-state index is -1.05. The first-order chi connectivity index (χ1) is 9.92. The maximum absolute atomic E-state index is 12.3. The van der Waals surface area contributed by atoms with Crippen molar-refractivity contribution in [1.82, 2.24) is 0 Å². The third kappa shape index (κ3) is 3.72. The summed E-state index contributed by atoms with van der Waals surface area (Å²) < 4.78 is 1.42. The number of carbonyl (C=O) groups excluding carboxylic acids is 1. The van der Waals surface area contributed by atoms with E-state index < -0.39 is 5.97 Å². The lowest BCUT2D eigenvalue weighted by Gasteiger charge is -2.06. The van der Waals surface area contributed by atoms with Crippen LogP contribution < -0.4 is 5.32 Å². The third-order valence-corrected chi connectivity index (χ3v) is 5.14. The summed E-state index contributed by atoms with van der Waals surface area (Å²) in [4.78, 5) is 24.5. The van der Waals surface area contributed by atoms with E-state index in [9.17, 15) is 14.7 Å². The normalized spacial score (nSPS) is 10.4. The van der Waals surface area contributed by atoms with Gasteiger partial charge in [-0.05, 0) is 46.6 Å². The SMILES string of the molecule is CCc1cc(C(=O)O)c(NC(=O)c2cc(Br)ccc2Br)s1. The lowest BCUT2D eigenvalue weighted by Crippen LogP contribution is -2.13. The number of anilines is 1. The van der Waals surface area contributed by atoms with Crippen molar-refractivity contribution in [1.29, 1.82) is 0 Å². The van der Waals surface area contributed by atoms with Crippen LogP contribution in [0.25, 0.3) is 0 Å². The van der Waals surface area contributed by atoms with Crippen LogP contribution >= 0.6 is 43.2 Å². The summed E-state index contributed by atoms with van der Waals surface area (Å²) in [6.07, 6.45) is 0.724. The Morgan fingerprint density at radius 3 is 2.57 bits per heavy atom. The molecule has 2 rings (SSSR count). The van der Waals surface area contributed by atoms with E-state index in [4.69, 9.17) is 0 Å². The number of halogens is 2. The van der Waals surface area contributed by atoms with Gasteiger partial charge in [-0.3, -0.25) is 4.79 Å². The summed E-state index contributed by atoms with van der Waals surface area (Å²) in [6, 6.07) is 6.83. The van der Waals surface area contributed by atoms with Crippen LogP contribution in [0.5, 0.6) is 0 Å². The summed E-state index contributed by atoms with van der Waals surface area (Å²) in [5.41, 5.74) is 0.559. The van der Waals surface area contributed by atoms with Crippen molar-refractivity contribution in [3.8, 4) is 0 Å². The fraction of sp³-hybridized carbons (Fsp3) is 0.143. The zero-order valence-electron chi connectivity index (χ0n) is 10.9. The van der Waals surface area contributed by atoms with Crippen LogP contribution in [0.3, 0.4) is 0 Å². The van der Waals surface area contributed by atoms with E-state index in [0.29, 0.717) is 15.0 Å². The smallest absolute Gasteiger partial charge is 0.338 e. The van der Waals surface area contributed by atoms with Crippen LogP contribution in [-0.2, 0) is 6.42 Å². The number of hydrogen-bond acceptors (Lipinski definition) is 3. The molecule has 7 heteroatoms. The molecule has 1 aromatic heterocycles. The van der Waals surface area contributed by atoms with E-state index in [1.54, 1.807) is 18.2 Å². The Morgan fingerprint density at radius 1 is 1.24 bits per heavy atom. The Labute approximate surface area is 142 Å². The molecule has 0 saturated carbocycles. The first-order valence-electron chi connectivity index (χ1n) is 6.04. The maximum Gasteiger partial charge on any atom is 0.338 e. The van der Waals surface area contributed by atoms with E-state index in [0.717, 1.165) is 15.8 Å². The number of amides is 1. The molecule has 21 heavy (non-hydrogen) atoms. The van der Waals surface area contributed by atoms with Crippen molar-refractivity contribution in [3.63, 3.8) is 0 Å². The van der Waals surface area contributed by atoms with Gasteiger partial charge in [0.1, 0.15) is 5.00 Å². The molecule has 0 fully saturated rings. The molecule has 0 aliphatic carbocycles. The molecule has 0 saturated heterocycles. The lowest BCUT2D eigenvalue weighted by molar-refractivity contribution is 0.0698. The largest absolute Gasteiger partial charge is 0.478 e. The standard InChI is InChI=1S/C14H11Br2NO3S/c1-2-8-6-10(14(19)20)13(21-8)17-12(18)9-5-7(15)3-4-11(9)16/h3-6H,2H2,1H3,(H,17,18)(H,19,20). The number of carbonyl (C=O) groups is 2. The van der Waals surface area contributed by atoms with Crippen LogP contribution in [0.4, 0.5) is 5.00 Å². The van der Waals surface area contributed by atoms with E-state index in [2.05, 4.69) is 37.2 Å². The molecule has 0 spiro atoms. The summed E-state index contributed by atoms with van der Waals surface area (Å²) in [6.45, 7) is 1.94. The van der Waals surface area contributed by atoms with Crippen molar-refractivity contribution < 1.29 is 14.7 Å². The zero-order chi connectivity index (χ0) is 15.6. The summed E-state index contributed by atoms with van der Waals surface area (Å²) in [5.74, 6) is -1.40. The number of thiophene rings is 1. The van der Waals surface area contributed by atoms with Gasteiger partial charge in [0.25, 0.3) is 5.91 Å². The molecule has 0 bridgehead atoms. The molecule has 0 atom stereocenters. The van der Waals surface area contributed by atoms with Crippen LogP contribution in [0, 0.1) is 0 Å². The molecule has 0 radical (unpaired) electrons. The van der Waals surface area contributed by atoms with Gasteiger partial charge in [0.15, 0.2) is 0 Å². The van der Waals surface area contributed by atoms with Crippen molar-refractivity contribution >= 4 is 60.1 Å². The molecular formula is C14H11Br2NO3S. The number of hydrogen-bond donors (Lipinski definition) is 2. The molecule has 2 N–H and O–H groups in total. The molecule has 1 aromatic carbocycles. The third-order valence-electron chi connectivity index (χ3n) is 2.76. The van der Waals surface area contributed by atoms with E-state index in [-0.39, 0.29) is 11.5 Å². The highest BCUT2D eigenvalue weighted by Crippen LogP contribution is 2.30. The Balaban J connectivity index is 2.33. The average molecular weight is 433 g/mol. The molecule has 4 nitrogen and oxygen atoms in total. The van der Waals surface area contributed by atoms with Gasteiger partial charge in [-0.15, -0.1) is 11.3 Å². The van der Waals surface area contributed by atoms with E-state index in [1.807, 2.05) is 13.0 Å². The van der Waals surface area contributed by atoms with Gasteiger partial charge in [-0.2, -0.15) is 0 Å². The fourth-order valence-corrected chi connectivity index (χ4v) is 3.48. The van der Waals surface area contributed by atoms with Gasteiger partial charge in [-0.25, -0.2) is 4.79 Å². The Bertz CT molecular complexity index is 712. The Kier molecular flexibility index (Phi) is 5.18. The fourth-order valence-electron chi connectivity index (χ4n) is 1.71. The average Bonchev–Trinajstić information content (AvgIpc) is 2.84. The zero-order valence-corrected chi connectivity index (χ0v) is 14.9. The predicted octanol–water partition coefficient (Wildman–Crippen LogP) is 4.79. The molecule has 110 valence electrons. The van der Waals surface area contributed by atoms with Gasteiger partial charge in [0, 0.05) is 13.8 Å². The molecule has 0 unspecified atom stereocenters. The first kappa shape index (κ1) is 16.2. The molecule has 0 aliphatic heterocycles. The highest BCUT2D eigenvalue weighted by molar-refractivity contribution is 9.11. The summed E-state index contributed by atoms with van der Waals surface area (Å²) in [7, 11) is 0. The van der Waals surface area contributed by atoms with Crippen molar-refractivity contribution in [2.45, 2.75) is 13.3 Å². The Morgan fingerprint density at radius 2 is 1.95 bits per heavy atom. The highest BCUT2D eigenvalue weighted by atomic mass is 79.9. The quantitative estimate of drug-likeness (QED) is 0.729. The van der Waals surface area contributed by atoms with Gasteiger partial charge in [0.2, 0.25) is 0 Å². The topological polar surface area (TPSA) is 66.4 Å². The molecule has 1 amide bonds. The number of nitrogens with one attached hydrogen (secondary N) is 1. The second-order valence-corrected chi connectivity index (χ2v) is 7.10. The van der Waals surface area contributed by atoms with Gasteiger partial charge < -0.3 is 10.4 Å². The van der Waals surface area contributed by atoms with Gasteiger partial charge in [-0.1, -0.05) is 22.9 Å². The van der Waals surface area contributed by atoms with E-state index >= 15 is 0 Å². The van der Waals surface area contributed by atoms with Gasteiger partial charge >= 0.3 is 5.97 Å². The number of carboxylic acids is 1. The van der Waals surface area contributed by atoms with Crippen LogP contribution in [-0.4, -0.2) is 17.0 Å². The predicted molar refractivity (Wildman–Crippen MR) is 90.5 cm³/mol. The minimum Gasteiger partial charge on any atom is -0.478 e. The molecule has 0 aliphatic rings. The van der Waals surface area contributed by atoms with E-state index in [1.165, 1.54) is 11.3 Å². The number of aromatic carboxylic acids is 1. The minimum absolute atomic E-state index is 0.122. The number of aryl methyl sites for hydroxylation is 1. The van der Waals surface area contributed by atoms with Crippen molar-refractivity contribution in [2.24, 2.45) is 0 Å². The van der Waals surface area contributed by atoms with Crippen LogP contribution in [0.1, 0.15) is 32.5 Å². The second kappa shape index (κ2) is 6.72. The number of rotatable bonds is 4. The first-order valence-corrected chi connectivity index (χ1v) is 8.45.